The van der Waals surface area contributed by atoms with Gasteiger partial charge in [0, 0.05) is 6.08 Å². The predicted molar refractivity (Wildman–Crippen MR) is 120 cm³/mol. The molecule has 0 N–H and O–H groups in total. The van der Waals surface area contributed by atoms with Crippen molar-refractivity contribution in [1.82, 2.24) is 0 Å². The SMILES string of the molecule is CC1=CC2C(c3ccccc3)=C/C(=C\c3ccccc3)C(c3ccccc3)C2=[O+]1. The molecule has 2 unspecified atom stereocenters. The van der Waals surface area contributed by atoms with Gasteiger partial charge in [0.25, 0.3) is 0 Å². The van der Waals surface area contributed by atoms with Gasteiger partial charge in [0.2, 0.25) is 0 Å². The zero-order chi connectivity index (χ0) is 19.6. The van der Waals surface area contributed by atoms with Gasteiger partial charge in [-0.15, -0.1) is 0 Å². The number of fused-ring (bicyclic) bond motifs is 1. The lowest BCUT2D eigenvalue weighted by Crippen LogP contribution is -2.26. The summed E-state index contributed by atoms with van der Waals surface area (Å²) >= 11 is 0. The van der Waals surface area contributed by atoms with Gasteiger partial charge in [-0.2, -0.15) is 0 Å². The van der Waals surface area contributed by atoms with Crippen molar-refractivity contribution in [3.05, 3.63) is 131 Å². The summed E-state index contributed by atoms with van der Waals surface area (Å²) in [5.41, 5.74) is 6.27. The minimum Gasteiger partial charge on any atom is -0.221 e. The molecule has 0 fully saturated rings. The fraction of sp³-hybridized carbons (Fsp3) is 0.107. The Balaban J connectivity index is 1.73. The highest BCUT2D eigenvalue weighted by Gasteiger charge is 2.46. The van der Waals surface area contributed by atoms with Crippen LogP contribution < -0.4 is 0 Å². The number of hydrogen-bond donors (Lipinski definition) is 0. The van der Waals surface area contributed by atoms with E-state index in [-0.39, 0.29) is 11.8 Å². The standard InChI is InChI=1S/C28H23O/c1-20-17-26-25(22-13-7-3-8-14-22)19-24(18-21-11-5-2-6-12-21)27(28(26)29-20)23-15-9-4-10-16-23/h2-19,26-27H,1H3/q+1/b24-18+. The lowest BCUT2D eigenvalue weighted by atomic mass is 9.72. The van der Waals surface area contributed by atoms with Crippen LogP contribution in [0, 0.1) is 5.92 Å². The van der Waals surface area contributed by atoms with Crippen molar-refractivity contribution in [3.8, 4) is 0 Å². The first-order valence-electron chi connectivity index (χ1n) is 10.1. The molecule has 3 aromatic carbocycles. The van der Waals surface area contributed by atoms with Crippen molar-refractivity contribution in [2.45, 2.75) is 12.8 Å². The third-order valence-corrected chi connectivity index (χ3v) is 5.63. The first-order chi connectivity index (χ1) is 14.3. The van der Waals surface area contributed by atoms with E-state index < -0.39 is 0 Å². The van der Waals surface area contributed by atoms with Crippen molar-refractivity contribution in [2.24, 2.45) is 5.92 Å². The van der Waals surface area contributed by atoms with E-state index in [1.165, 1.54) is 27.8 Å². The van der Waals surface area contributed by atoms with Gasteiger partial charge in [0.05, 0.1) is 6.92 Å². The van der Waals surface area contributed by atoms with Gasteiger partial charge in [0.1, 0.15) is 11.8 Å². The average molecular weight is 375 g/mol. The second-order valence-electron chi connectivity index (χ2n) is 7.62. The molecule has 1 nitrogen and oxygen atoms in total. The summed E-state index contributed by atoms with van der Waals surface area (Å²) in [6.45, 7) is 2.05. The van der Waals surface area contributed by atoms with E-state index in [0.29, 0.717) is 0 Å². The quantitative estimate of drug-likeness (QED) is 0.458. The van der Waals surface area contributed by atoms with Crippen LogP contribution in [0.25, 0.3) is 11.6 Å². The second-order valence-corrected chi connectivity index (χ2v) is 7.62. The molecule has 0 aromatic heterocycles. The maximum atomic E-state index is 6.35. The maximum Gasteiger partial charge on any atom is 0.329 e. The summed E-state index contributed by atoms with van der Waals surface area (Å²) < 4.78 is 6.35. The van der Waals surface area contributed by atoms with E-state index in [2.05, 4.69) is 116 Å². The Morgan fingerprint density at radius 2 is 1.38 bits per heavy atom. The number of ketones is 1. The summed E-state index contributed by atoms with van der Waals surface area (Å²) in [5.74, 6) is 2.38. The van der Waals surface area contributed by atoms with Crippen LogP contribution in [0.15, 0.2) is 114 Å². The molecule has 1 aliphatic carbocycles. The summed E-state index contributed by atoms with van der Waals surface area (Å²) in [6, 6.07) is 31.9. The van der Waals surface area contributed by atoms with Crippen LogP contribution in [0.1, 0.15) is 29.5 Å². The van der Waals surface area contributed by atoms with Gasteiger partial charge in [-0.3, -0.25) is 0 Å². The molecule has 0 radical (unpaired) electrons. The van der Waals surface area contributed by atoms with Crippen molar-refractivity contribution in [1.29, 1.82) is 0 Å². The second kappa shape index (κ2) is 7.52. The molecule has 29 heavy (non-hydrogen) atoms. The van der Waals surface area contributed by atoms with E-state index >= 15 is 0 Å². The fourth-order valence-corrected chi connectivity index (χ4v) is 4.36. The Labute approximate surface area is 172 Å². The van der Waals surface area contributed by atoms with Crippen LogP contribution in [0.2, 0.25) is 0 Å². The normalized spacial score (nSPS) is 22.0. The van der Waals surface area contributed by atoms with Gasteiger partial charge in [-0.1, -0.05) is 103 Å². The van der Waals surface area contributed by atoms with Crippen molar-refractivity contribution >= 4 is 17.4 Å². The molecule has 1 heteroatoms. The zero-order valence-corrected chi connectivity index (χ0v) is 16.5. The number of rotatable bonds is 3. The van der Waals surface area contributed by atoms with Gasteiger partial charge in [-0.05, 0) is 27.8 Å². The number of allylic oxidation sites excluding steroid dienone is 5. The van der Waals surface area contributed by atoms with E-state index in [1.54, 1.807) is 0 Å². The molecule has 1 heterocycles. The smallest absolute Gasteiger partial charge is 0.221 e. The molecule has 0 spiro atoms. The van der Waals surface area contributed by atoms with Crippen molar-refractivity contribution in [2.75, 3.05) is 0 Å². The minimum atomic E-state index is 0.113. The van der Waals surface area contributed by atoms with Crippen molar-refractivity contribution in [3.63, 3.8) is 0 Å². The Bertz CT molecular complexity index is 1130. The first kappa shape index (κ1) is 17.6. The van der Waals surface area contributed by atoms with Crippen LogP contribution in [-0.2, 0) is 4.42 Å². The summed E-state index contributed by atoms with van der Waals surface area (Å²) in [6.07, 6.45) is 6.91. The Kier molecular flexibility index (Phi) is 4.57. The molecule has 1 aliphatic heterocycles. The molecule has 0 bridgehead atoms. The predicted octanol–water partition coefficient (Wildman–Crippen LogP) is 6.59. The van der Waals surface area contributed by atoms with Crippen molar-refractivity contribution < 1.29 is 4.42 Å². The molecule has 0 amide bonds. The molecule has 2 aliphatic rings. The molecule has 3 aromatic rings. The van der Waals surface area contributed by atoms with Crippen LogP contribution >= 0.6 is 0 Å². The number of benzene rings is 3. The van der Waals surface area contributed by atoms with E-state index in [0.717, 1.165) is 11.5 Å². The molecule has 0 saturated heterocycles. The highest BCUT2D eigenvalue weighted by atomic mass is 16.4. The zero-order valence-electron chi connectivity index (χ0n) is 16.5. The lowest BCUT2D eigenvalue weighted by molar-refractivity contribution is -0.395. The van der Waals surface area contributed by atoms with E-state index in [1.807, 2.05) is 0 Å². The molecule has 140 valence electrons. The maximum absolute atomic E-state index is 6.35. The Morgan fingerprint density at radius 1 is 0.759 bits per heavy atom. The molecular weight excluding hydrogens is 352 g/mol. The highest BCUT2D eigenvalue weighted by molar-refractivity contribution is 6.06. The monoisotopic (exact) mass is 375 g/mol. The van der Waals surface area contributed by atoms with Gasteiger partial charge in [0.15, 0.2) is 0 Å². The Hall–Kier alpha value is -3.45. The summed E-state index contributed by atoms with van der Waals surface area (Å²) in [7, 11) is 0. The highest BCUT2D eigenvalue weighted by Crippen LogP contribution is 2.44. The molecule has 5 rings (SSSR count). The minimum absolute atomic E-state index is 0.113. The molecule has 2 atom stereocenters. The van der Waals surface area contributed by atoms with Gasteiger partial charge in [-0.25, -0.2) is 4.42 Å². The summed E-state index contributed by atoms with van der Waals surface area (Å²) in [4.78, 5) is 0. The van der Waals surface area contributed by atoms with Gasteiger partial charge >= 0.3 is 11.5 Å². The number of carbonyl (C=O) groups excluding carboxylic acids is 1. The van der Waals surface area contributed by atoms with Crippen LogP contribution in [-0.4, -0.2) is 5.78 Å². The fourth-order valence-electron chi connectivity index (χ4n) is 4.36. The van der Waals surface area contributed by atoms with Gasteiger partial charge < -0.3 is 0 Å². The average Bonchev–Trinajstić information content (AvgIpc) is 3.16. The third-order valence-electron chi connectivity index (χ3n) is 5.63. The van der Waals surface area contributed by atoms with E-state index in [9.17, 15) is 0 Å². The summed E-state index contributed by atoms with van der Waals surface area (Å²) in [5, 5.41) is 0. The van der Waals surface area contributed by atoms with E-state index in [4.69, 9.17) is 4.42 Å². The topological polar surface area (TPSA) is 11.3 Å². The molecule has 0 saturated carbocycles. The van der Waals surface area contributed by atoms with Crippen LogP contribution in [0.5, 0.6) is 0 Å². The van der Waals surface area contributed by atoms with Crippen LogP contribution in [0.4, 0.5) is 0 Å². The number of hydrogen-bond acceptors (Lipinski definition) is 0. The molecular formula is C28H23O+. The lowest BCUT2D eigenvalue weighted by Gasteiger charge is -2.25. The van der Waals surface area contributed by atoms with Crippen LogP contribution in [0.3, 0.4) is 0 Å². The first-order valence-corrected chi connectivity index (χ1v) is 10.1. The largest absolute Gasteiger partial charge is 0.329 e. The Morgan fingerprint density at radius 3 is 2.07 bits per heavy atom. The third kappa shape index (κ3) is 3.40.